The van der Waals surface area contributed by atoms with Gasteiger partial charge in [0.15, 0.2) is 0 Å². The molecular weight excluding hydrogens is 282 g/mol. The van der Waals surface area contributed by atoms with Gasteiger partial charge in [-0.25, -0.2) is 0 Å². The predicted octanol–water partition coefficient (Wildman–Crippen LogP) is 2.01. The molecule has 0 atom stereocenters. The zero-order valence-electron chi connectivity index (χ0n) is 10.9. The number of methoxy groups -OCH3 is 1. The molecule has 0 radical (unpaired) electrons. The van der Waals surface area contributed by atoms with E-state index in [4.69, 9.17) is 4.52 Å². The summed E-state index contributed by atoms with van der Waals surface area (Å²) in [5, 5.41) is 3.47. The molecule has 0 N–H and O–H groups in total. The minimum absolute atomic E-state index is 0.00467. The van der Waals surface area contributed by atoms with Gasteiger partial charge in [0.1, 0.15) is 0 Å². The van der Waals surface area contributed by atoms with Crippen molar-refractivity contribution in [1.82, 2.24) is 5.16 Å². The molecule has 20 heavy (non-hydrogen) atoms. The van der Waals surface area contributed by atoms with Crippen molar-refractivity contribution in [2.75, 3.05) is 12.9 Å². The van der Waals surface area contributed by atoms with Gasteiger partial charge in [-0.05, 0) is 18.6 Å². The number of allylic oxidation sites excluding steroid dienone is 2. The Morgan fingerprint density at radius 1 is 1.40 bits per heavy atom. The van der Waals surface area contributed by atoms with Crippen LogP contribution in [-0.2, 0) is 9.53 Å². The summed E-state index contributed by atoms with van der Waals surface area (Å²) < 4.78 is 9.28. The summed E-state index contributed by atoms with van der Waals surface area (Å²) in [6, 6.07) is 0. The lowest BCUT2D eigenvalue weighted by molar-refractivity contribution is -0.140. The average molecular weight is 295 g/mol. The van der Waals surface area contributed by atoms with Crippen LogP contribution in [0.4, 0.5) is 0 Å². The smallest absolute Gasteiger partial charge is 0.305 e. The number of esters is 1. The number of carbonyl (C=O) groups is 3. The van der Waals surface area contributed by atoms with Gasteiger partial charge < -0.3 is 9.26 Å². The molecule has 0 saturated carbocycles. The minimum Gasteiger partial charge on any atom is -0.469 e. The van der Waals surface area contributed by atoms with Gasteiger partial charge >= 0.3 is 5.97 Å². The molecule has 0 spiro atoms. The molecule has 7 heteroatoms. The quantitative estimate of drug-likeness (QED) is 0.586. The number of Topliss-reactive ketones (excluding diaryl/α,β-unsaturated/α-hetero) is 1. The van der Waals surface area contributed by atoms with Crippen molar-refractivity contribution in [3.63, 3.8) is 0 Å². The SMILES string of the molecule is COC(=O)CCCCSC1=CC(=O)c2oncc2C1=O. The Kier molecular flexibility index (Phi) is 4.73. The van der Waals surface area contributed by atoms with Gasteiger partial charge in [0, 0.05) is 12.5 Å². The van der Waals surface area contributed by atoms with Gasteiger partial charge in [-0.3, -0.25) is 14.4 Å². The lowest BCUT2D eigenvalue weighted by Crippen LogP contribution is -2.13. The summed E-state index contributed by atoms with van der Waals surface area (Å²) in [5.41, 5.74) is 0.217. The highest BCUT2D eigenvalue weighted by Crippen LogP contribution is 2.28. The number of hydrogen-bond donors (Lipinski definition) is 0. The number of hydrogen-bond acceptors (Lipinski definition) is 7. The molecule has 0 aromatic carbocycles. The predicted molar refractivity (Wildman–Crippen MR) is 71.6 cm³/mol. The first-order chi connectivity index (χ1) is 9.63. The molecule has 106 valence electrons. The normalized spacial score (nSPS) is 13.9. The number of unbranched alkanes of at least 4 members (excludes halogenated alkanes) is 1. The summed E-state index contributed by atoms with van der Waals surface area (Å²) in [4.78, 5) is 35.0. The van der Waals surface area contributed by atoms with E-state index in [2.05, 4.69) is 9.89 Å². The molecule has 0 amide bonds. The van der Waals surface area contributed by atoms with E-state index in [1.54, 1.807) is 0 Å². The summed E-state index contributed by atoms with van der Waals surface area (Å²) in [6.07, 6.45) is 4.35. The van der Waals surface area contributed by atoms with Gasteiger partial charge in [-0.15, -0.1) is 11.8 Å². The fourth-order valence-electron chi connectivity index (χ4n) is 1.72. The number of thioether (sulfide) groups is 1. The van der Waals surface area contributed by atoms with Crippen LogP contribution < -0.4 is 0 Å². The molecule has 1 aromatic rings. The monoisotopic (exact) mass is 295 g/mol. The van der Waals surface area contributed by atoms with E-state index in [0.717, 1.165) is 6.42 Å². The number of fused-ring (bicyclic) bond motifs is 1. The first-order valence-electron chi connectivity index (χ1n) is 6.08. The van der Waals surface area contributed by atoms with E-state index in [1.807, 2.05) is 0 Å². The molecule has 0 bridgehead atoms. The number of ether oxygens (including phenoxy) is 1. The Labute approximate surface area is 119 Å². The summed E-state index contributed by atoms with van der Waals surface area (Å²) in [7, 11) is 1.35. The van der Waals surface area contributed by atoms with Crippen molar-refractivity contribution in [2.24, 2.45) is 0 Å². The average Bonchev–Trinajstić information content (AvgIpc) is 2.93. The van der Waals surface area contributed by atoms with Crippen molar-refractivity contribution in [3.05, 3.63) is 28.5 Å². The Bertz CT molecular complexity index is 575. The number of nitrogens with zero attached hydrogens (tertiary/aromatic N) is 1. The standard InChI is InChI=1S/C13H13NO5S/c1-18-11(16)4-2-3-5-20-10-6-9(15)13-8(12(10)17)7-14-19-13/h6-7H,2-5H2,1H3. The second-order valence-corrected chi connectivity index (χ2v) is 5.29. The first kappa shape index (κ1) is 14.5. The van der Waals surface area contributed by atoms with Crippen LogP contribution in [0.3, 0.4) is 0 Å². The van der Waals surface area contributed by atoms with Crippen LogP contribution in [-0.4, -0.2) is 35.6 Å². The first-order valence-corrected chi connectivity index (χ1v) is 7.07. The molecule has 2 rings (SSSR count). The van der Waals surface area contributed by atoms with Gasteiger partial charge in [0.05, 0.1) is 23.8 Å². The van der Waals surface area contributed by atoms with Gasteiger partial charge in [-0.2, -0.15) is 0 Å². The summed E-state index contributed by atoms with van der Waals surface area (Å²) in [5.74, 6) is -0.159. The molecule has 1 aliphatic rings. The Balaban J connectivity index is 1.84. The van der Waals surface area contributed by atoms with Crippen molar-refractivity contribution in [3.8, 4) is 0 Å². The third-order valence-corrected chi connectivity index (χ3v) is 3.89. The molecule has 1 heterocycles. The zero-order chi connectivity index (χ0) is 14.5. The van der Waals surface area contributed by atoms with E-state index in [1.165, 1.54) is 31.1 Å². The van der Waals surface area contributed by atoms with Crippen molar-refractivity contribution in [1.29, 1.82) is 0 Å². The number of aromatic nitrogens is 1. The third-order valence-electron chi connectivity index (χ3n) is 2.79. The van der Waals surface area contributed by atoms with Crippen LogP contribution in [0.5, 0.6) is 0 Å². The molecule has 0 unspecified atom stereocenters. The van der Waals surface area contributed by atoms with E-state index < -0.39 is 0 Å². The topological polar surface area (TPSA) is 86.5 Å². The lowest BCUT2D eigenvalue weighted by atomic mass is 10.0. The van der Waals surface area contributed by atoms with E-state index in [0.29, 0.717) is 23.5 Å². The Hall–Kier alpha value is -1.89. The number of ketones is 2. The highest BCUT2D eigenvalue weighted by Gasteiger charge is 2.29. The fraction of sp³-hybridized carbons (Fsp3) is 0.385. The lowest BCUT2D eigenvalue weighted by Gasteiger charge is -2.09. The fourth-order valence-corrected chi connectivity index (χ4v) is 2.72. The van der Waals surface area contributed by atoms with E-state index in [9.17, 15) is 14.4 Å². The van der Waals surface area contributed by atoms with Gasteiger partial charge in [-0.1, -0.05) is 5.16 Å². The molecule has 0 fully saturated rings. The minimum atomic E-state index is -0.339. The second-order valence-electron chi connectivity index (χ2n) is 4.15. The molecule has 1 aromatic heterocycles. The van der Waals surface area contributed by atoms with Crippen LogP contribution >= 0.6 is 11.8 Å². The van der Waals surface area contributed by atoms with Crippen molar-refractivity contribution in [2.45, 2.75) is 19.3 Å². The molecular formula is C13H13NO5S. The second kappa shape index (κ2) is 6.51. The molecule has 1 aliphatic carbocycles. The summed E-state index contributed by atoms with van der Waals surface area (Å²) in [6.45, 7) is 0. The molecule has 6 nitrogen and oxygen atoms in total. The van der Waals surface area contributed by atoms with Crippen molar-refractivity contribution < 1.29 is 23.6 Å². The largest absolute Gasteiger partial charge is 0.469 e. The van der Waals surface area contributed by atoms with Crippen LogP contribution in [0.15, 0.2) is 21.7 Å². The highest BCUT2D eigenvalue weighted by atomic mass is 32.2. The van der Waals surface area contributed by atoms with Crippen molar-refractivity contribution >= 4 is 29.3 Å². The van der Waals surface area contributed by atoms with Crippen LogP contribution in [0.1, 0.15) is 40.2 Å². The number of rotatable bonds is 6. The van der Waals surface area contributed by atoms with Crippen LogP contribution in [0.2, 0.25) is 0 Å². The maximum Gasteiger partial charge on any atom is 0.305 e. The molecule has 0 saturated heterocycles. The molecule has 0 aliphatic heterocycles. The van der Waals surface area contributed by atoms with E-state index >= 15 is 0 Å². The number of carbonyl (C=O) groups excluding carboxylic acids is 3. The van der Waals surface area contributed by atoms with Crippen LogP contribution in [0.25, 0.3) is 0 Å². The van der Waals surface area contributed by atoms with Crippen LogP contribution in [0, 0.1) is 0 Å². The highest BCUT2D eigenvalue weighted by molar-refractivity contribution is 8.04. The summed E-state index contributed by atoms with van der Waals surface area (Å²) >= 11 is 1.30. The maximum absolute atomic E-state index is 12.0. The Morgan fingerprint density at radius 3 is 2.95 bits per heavy atom. The van der Waals surface area contributed by atoms with Gasteiger partial charge in [0.25, 0.3) is 0 Å². The zero-order valence-corrected chi connectivity index (χ0v) is 11.7. The Morgan fingerprint density at radius 2 is 2.20 bits per heavy atom. The maximum atomic E-state index is 12.0. The van der Waals surface area contributed by atoms with E-state index in [-0.39, 0.29) is 28.9 Å². The van der Waals surface area contributed by atoms with Gasteiger partial charge in [0.2, 0.25) is 17.3 Å². The third kappa shape index (κ3) is 3.16.